The summed E-state index contributed by atoms with van der Waals surface area (Å²) in [5.74, 6) is -0.158. The van der Waals surface area contributed by atoms with E-state index in [0.717, 1.165) is 23.3 Å². The summed E-state index contributed by atoms with van der Waals surface area (Å²) >= 11 is 0. The molecule has 0 aliphatic heterocycles. The van der Waals surface area contributed by atoms with Crippen LogP contribution in [0.25, 0.3) is 0 Å². The topological polar surface area (TPSA) is 66.9 Å². The van der Waals surface area contributed by atoms with Crippen molar-refractivity contribution in [1.82, 2.24) is 15.3 Å². The van der Waals surface area contributed by atoms with Gasteiger partial charge in [0.1, 0.15) is 11.5 Å². The third-order valence-electron chi connectivity index (χ3n) is 3.88. The Labute approximate surface area is 159 Å². The second-order valence-electron chi connectivity index (χ2n) is 6.16. The van der Waals surface area contributed by atoms with E-state index in [0.29, 0.717) is 6.54 Å². The molecular weight excluding hydrogens is 369 g/mol. The van der Waals surface area contributed by atoms with Crippen LogP contribution in [0.1, 0.15) is 27.2 Å². The molecule has 0 radical (unpaired) electrons. The van der Waals surface area contributed by atoms with Gasteiger partial charge in [-0.3, -0.25) is 4.79 Å². The standard InChI is InChI=1S/C20H17F3N4O/c1-13-4-2-5-14(8-13)10-26-19(28)17-11-25-18(12-24-17)27-16-7-3-6-15(9-16)20(21,22)23/h2-9,11-12H,10H2,1H3,(H,25,27)(H,26,28). The maximum Gasteiger partial charge on any atom is 0.416 e. The van der Waals surface area contributed by atoms with Gasteiger partial charge < -0.3 is 10.6 Å². The number of halogens is 3. The number of hydrogen-bond donors (Lipinski definition) is 2. The molecule has 0 spiro atoms. The smallest absolute Gasteiger partial charge is 0.347 e. The van der Waals surface area contributed by atoms with E-state index in [4.69, 9.17) is 0 Å². The lowest BCUT2D eigenvalue weighted by atomic mass is 10.1. The number of anilines is 2. The number of carbonyl (C=O) groups is 1. The Bertz CT molecular complexity index is 972. The molecule has 0 fully saturated rings. The first-order valence-corrected chi connectivity index (χ1v) is 8.41. The highest BCUT2D eigenvalue weighted by Crippen LogP contribution is 2.31. The van der Waals surface area contributed by atoms with E-state index in [1.807, 2.05) is 31.2 Å². The summed E-state index contributed by atoms with van der Waals surface area (Å²) < 4.78 is 38.3. The summed E-state index contributed by atoms with van der Waals surface area (Å²) in [5.41, 5.74) is 1.63. The molecule has 2 aromatic carbocycles. The number of nitrogens with one attached hydrogen (secondary N) is 2. The Morgan fingerprint density at radius 1 is 1.04 bits per heavy atom. The number of nitrogens with zero attached hydrogens (tertiary/aromatic N) is 2. The lowest BCUT2D eigenvalue weighted by Gasteiger charge is -2.10. The van der Waals surface area contributed by atoms with Crippen LogP contribution in [0.2, 0.25) is 0 Å². The summed E-state index contributed by atoms with van der Waals surface area (Å²) in [6.07, 6.45) is -1.87. The van der Waals surface area contributed by atoms with Gasteiger partial charge in [-0.25, -0.2) is 9.97 Å². The van der Waals surface area contributed by atoms with Gasteiger partial charge in [0.15, 0.2) is 0 Å². The minimum absolute atomic E-state index is 0.113. The molecule has 0 bridgehead atoms. The first-order chi connectivity index (χ1) is 13.3. The first kappa shape index (κ1) is 19.3. The van der Waals surface area contributed by atoms with Gasteiger partial charge >= 0.3 is 6.18 Å². The number of benzene rings is 2. The molecule has 0 aliphatic rings. The molecule has 0 atom stereocenters. The van der Waals surface area contributed by atoms with Crippen molar-refractivity contribution < 1.29 is 18.0 Å². The molecular formula is C20H17F3N4O. The lowest BCUT2D eigenvalue weighted by Crippen LogP contribution is -2.24. The molecule has 3 rings (SSSR count). The molecule has 1 amide bonds. The first-order valence-electron chi connectivity index (χ1n) is 8.41. The number of hydrogen-bond acceptors (Lipinski definition) is 4. The van der Waals surface area contributed by atoms with E-state index in [9.17, 15) is 18.0 Å². The van der Waals surface area contributed by atoms with E-state index in [1.54, 1.807) is 0 Å². The van der Waals surface area contributed by atoms with Gasteiger partial charge in [-0.1, -0.05) is 35.9 Å². The highest BCUT2D eigenvalue weighted by atomic mass is 19.4. The van der Waals surface area contributed by atoms with Crippen LogP contribution >= 0.6 is 0 Å². The fourth-order valence-corrected chi connectivity index (χ4v) is 2.53. The number of amides is 1. The van der Waals surface area contributed by atoms with E-state index in [-0.39, 0.29) is 23.1 Å². The fraction of sp³-hybridized carbons (Fsp3) is 0.150. The predicted octanol–water partition coefficient (Wildman–Crippen LogP) is 4.48. The molecule has 0 unspecified atom stereocenters. The van der Waals surface area contributed by atoms with Crippen molar-refractivity contribution >= 4 is 17.4 Å². The third-order valence-corrected chi connectivity index (χ3v) is 3.88. The zero-order valence-electron chi connectivity index (χ0n) is 14.9. The summed E-state index contributed by atoms with van der Waals surface area (Å²) in [7, 11) is 0. The van der Waals surface area contributed by atoms with Gasteiger partial charge in [0.25, 0.3) is 5.91 Å². The van der Waals surface area contributed by atoms with Crippen LogP contribution in [-0.2, 0) is 12.7 Å². The molecule has 5 nitrogen and oxygen atoms in total. The van der Waals surface area contributed by atoms with Crippen LogP contribution < -0.4 is 10.6 Å². The number of carbonyl (C=O) groups excluding carboxylic acids is 1. The minimum Gasteiger partial charge on any atom is -0.347 e. The molecule has 1 heterocycles. The summed E-state index contributed by atoms with van der Waals surface area (Å²) in [5, 5.41) is 5.49. The van der Waals surface area contributed by atoms with Crippen LogP contribution in [0, 0.1) is 6.92 Å². The maximum absolute atomic E-state index is 12.8. The Hall–Kier alpha value is -3.42. The fourth-order valence-electron chi connectivity index (χ4n) is 2.53. The van der Waals surface area contributed by atoms with Crippen LogP contribution in [-0.4, -0.2) is 15.9 Å². The molecule has 28 heavy (non-hydrogen) atoms. The number of alkyl halides is 3. The van der Waals surface area contributed by atoms with Crippen LogP contribution in [0.15, 0.2) is 60.9 Å². The van der Waals surface area contributed by atoms with Crippen LogP contribution in [0.5, 0.6) is 0 Å². The van der Waals surface area contributed by atoms with Crippen molar-refractivity contribution in [2.24, 2.45) is 0 Å². The molecule has 0 aliphatic carbocycles. The minimum atomic E-state index is -4.43. The van der Waals surface area contributed by atoms with Crippen molar-refractivity contribution in [3.05, 3.63) is 83.3 Å². The van der Waals surface area contributed by atoms with Crippen molar-refractivity contribution in [3.8, 4) is 0 Å². The van der Waals surface area contributed by atoms with Crippen LogP contribution in [0.4, 0.5) is 24.7 Å². The Kier molecular flexibility index (Phi) is 5.58. The van der Waals surface area contributed by atoms with Crippen molar-refractivity contribution in [2.75, 3.05) is 5.32 Å². The van der Waals surface area contributed by atoms with Gasteiger partial charge in [-0.15, -0.1) is 0 Å². The highest BCUT2D eigenvalue weighted by Gasteiger charge is 2.30. The monoisotopic (exact) mass is 386 g/mol. The molecule has 0 saturated heterocycles. The molecule has 144 valence electrons. The molecule has 8 heteroatoms. The number of aryl methyl sites for hydroxylation is 1. The SMILES string of the molecule is Cc1cccc(CNC(=O)c2cnc(Nc3cccc(C(F)(F)F)c3)cn2)c1. The van der Waals surface area contributed by atoms with Gasteiger partial charge in [-0.2, -0.15) is 13.2 Å². The average molecular weight is 386 g/mol. The van der Waals surface area contributed by atoms with Crippen LogP contribution in [0.3, 0.4) is 0 Å². The van der Waals surface area contributed by atoms with Crippen molar-refractivity contribution in [2.45, 2.75) is 19.6 Å². The van der Waals surface area contributed by atoms with Crippen molar-refractivity contribution in [3.63, 3.8) is 0 Å². The summed E-state index contributed by atoms with van der Waals surface area (Å²) in [6.45, 7) is 2.32. The predicted molar refractivity (Wildman–Crippen MR) is 99.1 cm³/mol. The summed E-state index contributed by atoms with van der Waals surface area (Å²) in [4.78, 5) is 20.2. The Morgan fingerprint density at radius 3 is 2.50 bits per heavy atom. The normalized spacial score (nSPS) is 11.1. The van der Waals surface area contributed by atoms with Gasteiger partial charge in [0.2, 0.25) is 0 Å². The van der Waals surface area contributed by atoms with Gasteiger partial charge in [-0.05, 0) is 30.7 Å². The number of rotatable bonds is 5. The second kappa shape index (κ2) is 8.08. The molecule has 2 N–H and O–H groups in total. The average Bonchev–Trinajstić information content (AvgIpc) is 2.66. The van der Waals surface area contributed by atoms with E-state index in [1.165, 1.54) is 24.5 Å². The third kappa shape index (κ3) is 5.06. The Balaban J connectivity index is 1.62. The highest BCUT2D eigenvalue weighted by molar-refractivity contribution is 5.92. The quantitative estimate of drug-likeness (QED) is 0.679. The summed E-state index contributed by atoms with van der Waals surface area (Å²) in [6, 6.07) is 12.5. The molecule has 3 aromatic rings. The van der Waals surface area contributed by atoms with Gasteiger partial charge in [0, 0.05) is 12.2 Å². The Morgan fingerprint density at radius 2 is 1.82 bits per heavy atom. The van der Waals surface area contributed by atoms with E-state index in [2.05, 4.69) is 20.6 Å². The zero-order valence-corrected chi connectivity index (χ0v) is 14.9. The zero-order chi connectivity index (χ0) is 20.1. The van der Waals surface area contributed by atoms with E-state index < -0.39 is 11.7 Å². The maximum atomic E-state index is 12.8. The second-order valence-corrected chi connectivity index (χ2v) is 6.16. The molecule has 0 saturated carbocycles. The number of aromatic nitrogens is 2. The van der Waals surface area contributed by atoms with Gasteiger partial charge in [0.05, 0.1) is 18.0 Å². The largest absolute Gasteiger partial charge is 0.416 e. The van der Waals surface area contributed by atoms with Crippen molar-refractivity contribution in [1.29, 1.82) is 0 Å². The van der Waals surface area contributed by atoms with E-state index >= 15 is 0 Å². The lowest BCUT2D eigenvalue weighted by molar-refractivity contribution is -0.137. The molecule has 1 aromatic heterocycles.